The summed E-state index contributed by atoms with van der Waals surface area (Å²) >= 11 is 0. The van der Waals surface area contributed by atoms with Crippen molar-refractivity contribution >= 4 is 5.91 Å². The molecule has 19 heavy (non-hydrogen) atoms. The Morgan fingerprint density at radius 1 is 1.32 bits per heavy atom. The van der Waals surface area contributed by atoms with Gasteiger partial charge in [-0.2, -0.15) is 0 Å². The Bertz CT molecular complexity index is 434. The molecule has 1 aromatic carbocycles. The Balaban J connectivity index is 3.17. The molecule has 106 valence electrons. The van der Waals surface area contributed by atoms with E-state index in [-0.39, 0.29) is 18.6 Å². The summed E-state index contributed by atoms with van der Waals surface area (Å²) in [5.74, 6) is 1.03. The maximum absolute atomic E-state index is 12.3. The molecule has 0 radical (unpaired) electrons. The molecule has 1 N–H and O–H groups in total. The molecule has 1 atom stereocenters. The van der Waals surface area contributed by atoms with Crippen LogP contribution in [0.4, 0.5) is 0 Å². The van der Waals surface area contributed by atoms with Gasteiger partial charge in [-0.1, -0.05) is 0 Å². The molecule has 0 aliphatic heterocycles. The molecule has 1 amide bonds. The van der Waals surface area contributed by atoms with Crippen LogP contribution >= 0.6 is 0 Å². The molecule has 1 aromatic rings. The largest absolute Gasteiger partial charge is 0.496 e. The molecule has 0 saturated carbocycles. The van der Waals surface area contributed by atoms with Crippen LogP contribution in [0.5, 0.6) is 11.5 Å². The van der Waals surface area contributed by atoms with Crippen molar-refractivity contribution in [2.75, 3.05) is 27.9 Å². The van der Waals surface area contributed by atoms with Gasteiger partial charge in [0.25, 0.3) is 5.91 Å². The van der Waals surface area contributed by atoms with Gasteiger partial charge in [0.05, 0.1) is 26.9 Å². The van der Waals surface area contributed by atoms with E-state index in [1.54, 1.807) is 40.3 Å². The van der Waals surface area contributed by atoms with Crippen molar-refractivity contribution in [3.8, 4) is 11.5 Å². The lowest BCUT2D eigenvalue weighted by molar-refractivity contribution is 0.0681. The van der Waals surface area contributed by atoms with E-state index in [0.717, 1.165) is 5.56 Å². The zero-order valence-electron chi connectivity index (χ0n) is 12.1. The standard InChI is InChI=1S/C14H21NO4/c1-9(8-16)15(3)14(17)11-6-12(18-4)10(2)13(7-11)19-5/h6-7,9,16H,8H2,1-5H3. The Kier molecular flexibility index (Phi) is 5.18. The number of amides is 1. The minimum Gasteiger partial charge on any atom is -0.496 e. The quantitative estimate of drug-likeness (QED) is 0.877. The first-order valence-corrected chi connectivity index (χ1v) is 6.06. The highest BCUT2D eigenvalue weighted by Crippen LogP contribution is 2.30. The van der Waals surface area contributed by atoms with Crippen LogP contribution in [0.15, 0.2) is 12.1 Å². The van der Waals surface area contributed by atoms with Gasteiger partial charge in [0, 0.05) is 18.2 Å². The van der Waals surface area contributed by atoms with E-state index in [4.69, 9.17) is 14.6 Å². The van der Waals surface area contributed by atoms with E-state index in [0.29, 0.717) is 17.1 Å². The molecule has 5 nitrogen and oxygen atoms in total. The summed E-state index contributed by atoms with van der Waals surface area (Å²) in [5, 5.41) is 9.10. The molecule has 0 spiro atoms. The van der Waals surface area contributed by atoms with Crippen LogP contribution in [0.2, 0.25) is 0 Å². The second-order valence-electron chi connectivity index (χ2n) is 4.45. The van der Waals surface area contributed by atoms with Gasteiger partial charge in [-0.05, 0) is 26.0 Å². The van der Waals surface area contributed by atoms with Crippen LogP contribution in [-0.4, -0.2) is 49.8 Å². The molecule has 0 aliphatic carbocycles. The zero-order valence-corrected chi connectivity index (χ0v) is 12.1. The average molecular weight is 267 g/mol. The maximum atomic E-state index is 12.3. The number of hydrogen-bond acceptors (Lipinski definition) is 4. The highest BCUT2D eigenvalue weighted by atomic mass is 16.5. The predicted octanol–water partition coefficient (Wildman–Crippen LogP) is 1.47. The van der Waals surface area contributed by atoms with Crippen LogP contribution in [0.1, 0.15) is 22.8 Å². The first-order chi connectivity index (χ1) is 8.96. The monoisotopic (exact) mass is 267 g/mol. The van der Waals surface area contributed by atoms with Gasteiger partial charge in [-0.25, -0.2) is 0 Å². The smallest absolute Gasteiger partial charge is 0.254 e. The molecule has 0 bridgehead atoms. The average Bonchev–Trinajstić information content (AvgIpc) is 2.44. The minimum atomic E-state index is -0.245. The normalized spacial score (nSPS) is 11.9. The third-order valence-corrected chi connectivity index (χ3v) is 3.24. The number of nitrogens with zero attached hydrogens (tertiary/aromatic N) is 1. The summed E-state index contributed by atoms with van der Waals surface area (Å²) in [6.45, 7) is 3.56. The highest BCUT2D eigenvalue weighted by molar-refractivity contribution is 5.95. The van der Waals surface area contributed by atoms with E-state index in [2.05, 4.69) is 0 Å². The van der Waals surface area contributed by atoms with Crippen molar-refractivity contribution in [1.82, 2.24) is 4.90 Å². The fourth-order valence-corrected chi connectivity index (χ4v) is 1.74. The van der Waals surface area contributed by atoms with Crippen LogP contribution < -0.4 is 9.47 Å². The molecule has 0 aromatic heterocycles. The van der Waals surface area contributed by atoms with Crippen LogP contribution in [0.3, 0.4) is 0 Å². The Morgan fingerprint density at radius 3 is 2.16 bits per heavy atom. The third-order valence-electron chi connectivity index (χ3n) is 3.24. The molecule has 1 rings (SSSR count). The van der Waals surface area contributed by atoms with Crippen molar-refractivity contribution < 1.29 is 19.4 Å². The number of hydrogen-bond donors (Lipinski definition) is 1. The lowest BCUT2D eigenvalue weighted by Gasteiger charge is -2.24. The minimum absolute atomic E-state index is 0.0810. The first-order valence-electron chi connectivity index (χ1n) is 6.06. The molecule has 0 saturated heterocycles. The van der Waals surface area contributed by atoms with E-state index in [9.17, 15) is 4.79 Å². The molecule has 5 heteroatoms. The van der Waals surface area contributed by atoms with Gasteiger partial charge in [0.1, 0.15) is 11.5 Å². The van der Waals surface area contributed by atoms with Crippen LogP contribution in [-0.2, 0) is 0 Å². The van der Waals surface area contributed by atoms with Gasteiger partial charge in [-0.15, -0.1) is 0 Å². The summed E-state index contributed by atoms with van der Waals surface area (Å²) in [7, 11) is 4.76. The molecular weight excluding hydrogens is 246 g/mol. The van der Waals surface area contributed by atoms with Crippen molar-refractivity contribution in [3.63, 3.8) is 0 Å². The molecular formula is C14H21NO4. The maximum Gasteiger partial charge on any atom is 0.254 e. The Labute approximate surface area is 113 Å². The molecule has 0 aliphatic rings. The van der Waals surface area contributed by atoms with Gasteiger partial charge < -0.3 is 19.5 Å². The first kappa shape index (κ1) is 15.3. The topological polar surface area (TPSA) is 59.0 Å². The predicted molar refractivity (Wildman–Crippen MR) is 72.9 cm³/mol. The third kappa shape index (κ3) is 3.17. The number of aliphatic hydroxyl groups is 1. The summed E-state index contributed by atoms with van der Waals surface area (Å²) in [6, 6.07) is 3.12. The van der Waals surface area contributed by atoms with E-state index < -0.39 is 0 Å². The van der Waals surface area contributed by atoms with Gasteiger partial charge >= 0.3 is 0 Å². The van der Waals surface area contributed by atoms with Crippen molar-refractivity contribution in [2.24, 2.45) is 0 Å². The molecule has 0 fully saturated rings. The zero-order chi connectivity index (χ0) is 14.6. The van der Waals surface area contributed by atoms with E-state index >= 15 is 0 Å². The Morgan fingerprint density at radius 2 is 1.79 bits per heavy atom. The van der Waals surface area contributed by atoms with Gasteiger partial charge in [0.2, 0.25) is 0 Å². The highest BCUT2D eigenvalue weighted by Gasteiger charge is 2.19. The number of likely N-dealkylation sites (N-methyl/N-ethyl adjacent to an activating group) is 1. The lowest BCUT2D eigenvalue weighted by atomic mass is 10.1. The number of benzene rings is 1. The second kappa shape index (κ2) is 6.43. The van der Waals surface area contributed by atoms with Crippen LogP contribution in [0.25, 0.3) is 0 Å². The van der Waals surface area contributed by atoms with Gasteiger partial charge in [0.15, 0.2) is 0 Å². The summed E-state index contributed by atoms with van der Waals surface area (Å²) in [4.78, 5) is 13.8. The number of carbonyl (C=O) groups excluding carboxylic acids is 1. The van der Waals surface area contributed by atoms with E-state index in [1.165, 1.54) is 4.90 Å². The van der Waals surface area contributed by atoms with Crippen molar-refractivity contribution in [1.29, 1.82) is 0 Å². The lowest BCUT2D eigenvalue weighted by Crippen LogP contribution is -2.37. The van der Waals surface area contributed by atoms with Crippen LogP contribution in [0, 0.1) is 6.92 Å². The second-order valence-corrected chi connectivity index (χ2v) is 4.45. The summed E-state index contributed by atoms with van der Waals surface area (Å²) in [5.41, 5.74) is 1.32. The Hall–Kier alpha value is -1.75. The molecule has 1 unspecified atom stereocenters. The number of ether oxygens (including phenoxy) is 2. The van der Waals surface area contributed by atoms with Crippen molar-refractivity contribution in [3.05, 3.63) is 23.3 Å². The summed E-state index contributed by atoms with van der Waals surface area (Å²) in [6.07, 6.45) is 0. The number of methoxy groups -OCH3 is 2. The van der Waals surface area contributed by atoms with E-state index in [1.807, 2.05) is 6.92 Å². The van der Waals surface area contributed by atoms with Crippen molar-refractivity contribution in [2.45, 2.75) is 19.9 Å². The SMILES string of the molecule is COc1cc(C(=O)N(C)C(C)CO)cc(OC)c1C. The summed E-state index contributed by atoms with van der Waals surface area (Å²) < 4.78 is 10.5. The fourth-order valence-electron chi connectivity index (χ4n) is 1.74. The number of aliphatic hydroxyl groups excluding tert-OH is 1. The number of rotatable bonds is 5. The fraction of sp³-hybridized carbons (Fsp3) is 0.500. The number of carbonyl (C=O) groups is 1. The van der Waals surface area contributed by atoms with Gasteiger partial charge in [-0.3, -0.25) is 4.79 Å². The molecule has 0 heterocycles.